The van der Waals surface area contributed by atoms with Gasteiger partial charge in [-0.25, -0.2) is 0 Å². The van der Waals surface area contributed by atoms with E-state index in [9.17, 15) is 4.79 Å². The number of rotatable bonds is 6. The lowest BCUT2D eigenvalue weighted by atomic mass is 10.0. The van der Waals surface area contributed by atoms with Crippen molar-refractivity contribution in [1.82, 2.24) is 5.32 Å². The topological polar surface area (TPSA) is 75.3 Å². The van der Waals surface area contributed by atoms with E-state index in [0.29, 0.717) is 30.1 Å². The number of benzene rings is 1. The van der Waals surface area contributed by atoms with E-state index in [1.807, 2.05) is 13.0 Å². The largest absolute Gasteiger partial charge is 0.399 e. The maximum absolute atomic E-state index is 12.0. The number of carbonyl (C=O) groups excluding carboxylic acids is 1. The second-order valence-corrected chi connectivity index (χ2v) is 4.57. The molecule has 1 rings (SSSR count). The Labute approximate surface area is 108 Å². The van der Waals surface area contributed by atoms with Crippen LogP contribution in [0.2, 0.25) is 0 Å². The van der Waals surface area contributed by atoms with E-state index in [1.54, 1.807) is 12.1 Å². The van der Waals surface area contributed by atoms with Crippen molar-refractivity contribution in [3.63, 3.8) is 0 Å². The molecule has 0 fully saturated rings. The van der Waals surface area contributed by atoms with Crippen LogP contribution in [0.1, 0.15) is 35.7 Å². The predicted octanol–water partition coefficient (Wildman–Crippen LogP) is 1.72. The van der Waals surface area contributed by atoms with Crippen LogP contribution in [0.4, 0.5) is 5.69 Å². The highest BCUT2D eigenvalue weighted by Gasteiger charge is 2.11. The van der Waals surface area contributed by atoms with Gasteiger partial charge in [0.15, 0.2) is 0 Å². The number of hydrogen-bond acceptors (Lipinski definition) is 3. The van der Waals surface area contributed by atoms with E-state index in [2.05, 4.69) is 12.2 Å². The van der Waals surface area contributed by atoms with Crippen LogP contribution in [0.3, 0.4) is 0 Å². The molecule has 1 atom stereocenters. The molecule has 0 aliphatic carbocycles. The minimum Gasteiger partial charge on any atom is -0.399 e. The van der Waals surface area contributed by atoms with Gasteiger partial charge in [-0.05, 0) is 37.0 Å². The van der Waals surface area contributed by atoms with E-state index in [4.69, 9.17) is 10.8 Å². The quantitative estimate of drug-likeness (QED) is 0.673. The summed E-state index contributed by atoms with van der Waals surface area (Å²) >= 11 is 0. The van der Waals surface area contributed by atoms with Gasteiger partial charge in [0.05, 0.1) is 0 Å². The van der Waals surface area contributed by atoms with Gasteiger partial charge in [-0.2, -0.15) is 0 Å². The molecule has 0 aromatic heterocycles. The van der Waals surface area contributed by atoms with Gasteiger partial charge in [-0.1, -0.05) is 19.4 Å². The van der Waals surface area contributed by atoms with Crippen LogP contribution in [0.15, 0.2) is 18.2 Å². The van der Waals surface area contributed by atoms with Gasteiger partial charge in [0.1, 0.15) is 0 Å². The highest BCUT2D eigenvalue weighted by molar-refractivity contribution is 5.96. The van der Waals surface area contributed by atoms with Crippen LogP contribution in [-0.2, 0) is 0 Å². The highest BCUT2D eigenvalue weighted by Crippen LogP contribution is 2.13. The van der Waals surface area contributed by atoms with E-state index in [1.165, 1.54) is 0 Å². The van der Waals surface area contributed by atoms with Crippen LogP contribution in [0, 0.1) is 12.8 Å². The summed E-state index contributed by atoms with van der Waals surface area (Å²) in [7, 11) is 0. The summed E-state index contributed by atoms with van der Waals surface area (Å²) in [5.41, 5.74) is 7.81. The number of aliphatic hydroxyl groups excluding tert-OH is 1. The average molecular weight is 250 g/mol. The van der Waals surface area contributed by atoms with Crippen LogP contribution in [-0.4, -0.2) is 24.2 Å². The number of aryl methyl sites for hydroxylation is 1. The third-order valence-corrected chi connectivity index (χ3v) is 3.17. The van der Waals surface area contributed by atoms with Gasteiger partial charge < -0.3 is 16.2 Å². The van der Waals surface area contributed by atoms with Crippen molar-refractivity contribution in [3.05, 3.63) is 29.3 Å². The number of nitrogens with two attached hydrogens (primary N) is 1. The normalized spacial score (nSPS) is 12.2. The zero-order valence-electron chi connectivity index (χ0n) is 11.1. The summed E-state index contributed by atoms with van der Waals surface area (Å²) in [5, 5.41) is 11.8. The van der Waals surface area contributed by atoms with Crippen molar-refractivity contribution >= 4 is 11.6 Å². The highest BCUT2D eigenvalue weighted by atomic mass is 16.3. The van der Waals surface area contributed by atoms with Crippen LogP contribution in [0.25, 0.3) is 0 Å². The lowest BCUT2D eigenvalue weighted by molar-refractivity contribution is 0.0943. The summed E-state index contributed by atoms with van der Waals surface area (Å²) in [5.74, 6) is 0.219. The number of aliphatic hydroxyl groups is 1. The van der Waals surface area contributed by atoms with Crippen molar-refractivity contribution in [1.29, 1.82) is 0 Å². The Kier molecular flexibility index (Phi) is 5.65. The van der Waals surface area contributed by atoms with Crippen molar-refractivity contribution in [3.8, 4) is 0 Å². The van der Waals surface area contributed by atoms with Gasteiger partial charge in [-0.3, -0.25) is 4.79 Å². The molecule has 1 aromatic rings. The molecule has 0 radical (unpaired) electrons. The standard InChI is InChI=1S/C14H22N2O2/c1-3-11(6-7-17)9-16-14(18)13-8-12(15)5-4-10(13)2/h4-5,8,11,17H,3,6-7,9,15H2,1-2H3,(H,16,18). The maximum atomic E-state index is 12.0. The SMILES string of the molecule is CCC(CCO)CNC(=O)c1cc(N)ccc1C. The number of anilines is 1. The first-order chi connectivity index (χ1) is 8.58. The molecule has 1 unspecified atom stereocenters. The second-order valence-electron chi connectivity index (χ2n) is 4.57. The summed E-state index contributed by atoms with van der Waals surface area (Å²) < 4.78 is 0. The van der Waals surface area contributed by atoms with Crippen molar-refractivity contribution < 1.29 is 9.90 Å². The summed E-state index contributed by atoms with van der Waals surface area (Å²) in [6.45, 7) is 4.69. The molecule has 0 saturated heterocycles. The minimum absolute atomic E-state index is 0.101. The molecule has 0 aliphatic rings. The third kappa shape index (κ3) is 4.04. The molecular weight excluding hydrogens is 228 g/mol. The summed E-state index contributed by atoms with van der Waals surface area (Å²) in [6, 6.07) is 5.32. The van der Waals surface area contributed by atoms with E-state index >= 15 is 0 Å². The number of hydrogen-bond donors (Lipinski definition) is 3. The molecule has 4 heteroatoms. The van der Waals surface area contributed by atoms with Gasteiger partial charge in [-0.15, -0.1) is 0 Å². The van der Waals surface area contributed by atoms with Crippen molar-refractivity contribution in [2.75, 3.05) is 18.9 Å². The first-order valence-electron chi connectivity index (χ1n) is 6.33. The Balaban J connectivity index is 2.62. The predicted molar refractivity (Wildman–Crippen MR) is 73.4 cm³/mol. The minimum atomic E-state index is -0.101. The maximum Gasteiger partial charge on any atom is 0.251 e. The fourth-order valence-corrected chi connectivity index (χ4v) is 1.85. The fourth-order valence-electron chi connectivity index (χ4n) is 1.85. The Bertz CT molecular complexity index is 405. The molecule has 1 aromatic carbocycles. The van der Waals surface area contributed by atoms with E-state index < -0.39 is 0 Å². The molecule has 0 saturated carbocycles. The summed E-state index contributed by atoms with van der Waals surface area (Å²) in [6.07, 6.45) is 1.66. The molecule has 0 bridgehead atoms. The molecule has 1 amide bonds. The van der Waals surface area contributed by atoms with Crippen LogP contribution < -0.4 is 11.1 Å². The van der Waals surface area contributed by atoms with Crippen LogP contribution in [0.5, 0.6) is 0 Å². The molecular formula is C14H22N2O2. The van der Waals surface area contributed by atoms with Gasteiger partial charge >= 0.3 is 0 Å². The first kappa shape index (κ1) is 14.5. The Morgan fingerprint density at radius 3 is 2.83 bits per heavy atom. The Morgan fingerprint density at radius 1 is 1.50 bits per heavy atom. The van der Waals surface area contributed by atoms with Gasteiger partial charge in [0.25, 0.3) is 5.91 Å². The lowest BCUT2D eigenvalue weighted by Gasteiger charge is -2.15. The molecule has 0 heterocycles. The molecule has 18 heavy (non-hydrogen) atoms. The molecule has 4 N–H and O–H groups in total. The average Bonchev–Trinajstić information content (AvgIpc) is 2.37. The fraction of sp³-hybridized carbons (Fsp3) is 0.500. The number of nitrogens with one attached hydrogen (secondary N) is 1. The molecule has 0 spiro atoms. The molecule has 100 valence electrons. The molecule has 4 nitrogen and oxygen atoms in total. The zero-order valence-corrected chi connectivity index (χ0v) is 11.1. The first-order valence-corrected chi connectivity index (χ1v) is 6.33. The van der Waals surface area contributed by atoms with Crippen molar-refractivity contribution in [2.45, 2.75) is 26.7 Å². The second kappa shape index (κ2) is 7.01. The van der Waals surface area contributed by atoms with Crippen LogP contribution >= 0.6 is 0 Å². The lowest BCUT2D eigenvalue weighted by Crippen LogP contribution is -2.30. The van der Waals surface area contributed by atoms with Gasteiger partial charge in [0.2, 0.25) is 0 Å². The number of amides is 1. The number of carbonyl (C=O) groups is 1. The Hall–Kier alpha value is -1.55. The smallest absolute Gasteiger partial charge is 0.251 e. The van der Waals surface area contributed by atoms with Gasteiger partial charge in [0, 0.05) is 24.4 Å². The van der Waals surface area contributed by atoms with Crippen molar-refractivity contribution in [2.24, 2.45) is 5.92 Å². The molecule has 0 aliphatic heterocycles. The summed E-state index contributed by atoms with van der Waals surface area (Å²) in [4.78, 5) is 12.0. The number of nitrogen functional groups attached to an aromatic ring is 1. The monoisotopic (exact) mass is 250 g/mol. The van der Waals surface area contributed by atoms with E-state index in [0.717, 1.165) is 12.0 Å². The van der Waals surface area contributed by atoms with E-state index in [-0.39, 0.29) is 12.5 Å². The zero-order chi connectivity index (χ0) is 13.5. The third-order valence-electron chi connectivity index (χ3n) is 3.17. The Morgan fingerprint density at radius 2 is 2.22 bits per heavy atom.